The fraction of sp³-hybridized carbons (Fsp3) is 0.167. The molecule has 0 bridgehead atoms. The molecule has 9 heteroatoms. The van der Waals surface area contributed by atoms with Gasteiger partial charge in [-0.05, 0) is 37.3 Å². The van der Waals surface area contributed by atoms with Gasteiger partial charge in [0.2, 0.25) is 5.91 Å². The highest BCUT2D eigenvalue weighted by Gasteiger charge is 2.13. The Morgan fingerprint density at radius 3 is 2.59 bits per heavy atom. The molecule has 0 saturated heterocycles. The predicted molar refractivity (Wildman–Crippen MR) is 105 cm³/mol. The van der Waals surface area contributed by atoms with Crippen molar-refractivity contribution >= 4 is 50.2 Å². The number of fused-ring (bicyclic) bond motifs is 1. The monoisotopic (exact) mass is 453 g/mol. The van der Waals surface area contributed by atoms with Crippen LogP contribution in [0, 0.1) is 11.6 Å². The van der Waals surface area contributed by atoms with Gasteiger partial charge in [0.15, 0.2) is 5.16 Å². The molecule has 3 aromatic rings. The van der Waals surface area contributed by atoms with Crippen molar-refractivity contribution in [1.82, 2.24) is 9.55 Å². The van der Waals surface area contributed by atoms with Gasteiger partial charge in [-0.15, -0.1) is 0 Å². The Morgan fingerprint density at radius 2 is 1.93 bits per heavy atom. The lowest BCUT2D eigenvalue weighted by atomic mass is 10.2. The second-order valence-corrected chi connectivity index (χ2v) is 7.46. The largest absolute Gasteiger partial charge is 0.325 e. The molecule has 1 amide bonds. The summed E-state index contributed by atoms with van der Waals surface area (Å²) in [6.45, 7) is 2.21. The number of benzene rings is 2. The van der Waals surface area contributed by atoms with Crippen LogP contribution in [0.25, 0.3) is 10.9 Å². The van der Waals surface area contributed by atoms with Crippen LogP contribution in [0.4, 0.5) is 14.5 Å². The molecule has 0 radical (unpaired) electrons. The van der Waals surface area contributed by atoms with Gasteiger partial charge in [-0.2, -0.15) is 0 Å². The molecule has 0 fully saturated rings. The van der Waals surface area contributed by atoms with E-state index >= 15 is 0 Å². The topological polar surface area (TPSA) is 64.0 Å². The van der Waals surface area contributed by atoms with Gasteiger partial charge in [-0.1, -0.05) is 27.7 Å². The zero-order valence-electron chi connectivity index (χ0n) is 14.1. The van der Waals surface area contributed by atoms with Gasteiger partial charge in [0.1, 0.15) is 11.6 Å². The van der Waals surface area contributed by atoms with E-state index in [1.54, 1.807) is 18.2 Å². The first-order valence-corrected chi connectivity index (χ1v) is 9.74. The van der Waals surface area contributed by atoms with Crippen molar-refractivity contribution in [3.05, 3.63) is 62.9 Å². The van der Waals surface area contributed by atoms with E-state index in [9.17, 15) is 18.4 Å². The average Bonchev–Trinajstić information content (AvgIpc) is 2.60. The number of hydrogen-bond acceptors (Lipinski definition) is 4. The van der Waals surface area contributed by atoms with Crippen molar-refractivity contribution in [3.63, 3.8) is 0 Å². The van der Waals surface area contributed by atoms with E-state index in [4.69, 9.17) is 0 Å². The Bertz CT molecular complexity index is 1070. The van der Waals surface area contributed by atoms with Crippen LogP contribution in [0.2, 0.25) is 0 Å². The smallest absolute Gasteiger partial charge is 0.262 e. The predicted octanol–water partition coefficient (Wildman–Crippen LogP) is 4.19. The summed E-state index contributed by atoms with van der Waals surface area (Å²) < 4.78 is 28.7. The number of carbonyl (C=O) groups is 1. The molecule has 1 aromatic heterocycles. The van der Waals surface area contributed by atoms with Crippen LogP contribution in [0.15, 0.2) is 50.8 Å². The zero-order chi connectivity index (χ0) is 19.6. The Kier molecular flexibility index (Phi) is 5.91. The van der Waals surface area contributed by atoms with Crippen LogP contribution >= 0.6 is 27.7 Å². The fourth-order valence-corrected chi connectivity index (χ4v) is 3.74. The first-order chi connectivity index (χ1) is 12.9. The molecular formula is C18H14BrF2N3O2S. The number of amides is 1. The summed E-state index contributed by atoms with van der Waals surface area (Å²) >= 11 is 4.42. The molecule has 0 saturated carbocycles. The number of halogens is 3. The highest BCUT2D eigenvalue weighted by Crippen LogP contribution is 2.21. The molecule has 1 heterocycles. The second-order valence-electron chi connectivity index (χ2n) is 5.60. The molecular weight excluding hydrogens is 440 g/mol. The Morgan fingerprint density at radius 1 is 1.22 bits per heavy atom. The molecule has 1 N–H and O–H groups in total. The van der Waals surface area contributed by atoms with E-state index in [0.29, 0.717) is 22.6 Å². The summed E-state index contributed by atoms with van der Waals surface area (Å²) in [5.41, 5.74) is 0.365. The Hall–Kier alpha value is -2.26. The van der Waals surface area contributed by atoms with Gasteiger partial charge in [-0.3, -0.25) is 14.2 Å². The van der Waals surface area contributed by atoms with Gasteiger partial charge in [0.05, 0.1) is 16.7 Å². The maximum atomic E-state index is 13.2. The maximum Gasteiger partial charge on any atom is 0.262 e. The Balaban J connectivity index is 1.81. The van der Waals surface area contributed by atoms with Crippen LogP contribution in [0.3, 0.4) is 0 Å². The minimum absolute atomic E-state index is 0.0299. The lowest BCUT2D eigenvalue weighted by Crippen LogP contribution is -2.23. The van der Waals surface area contributed by atoms with Crippen molar-refractivity contribution in [2.75, 3.05) is 11.1 Å². The van der Waals surface area contributed by atoms with Gasteiger partial charge in [0, 0.05) is 22.8 Å². The van der Waals surface area contributed by atoms with E-state index in [1.165, 1.54) is 4.57 Å². The van der Waals surface area contributed by atoms with Gasteiger partial charge in [0.25, 0.3) is 5.56 Å². The first kappa shape index (κ1) is 19.5. The number of aromatic nitrogens is 2. The third-order valence-electron chi connectivity index (χ3n) is 3.68. The first-order valence-electron chi connectivity index (χ1n) is 7.96. The van der Waals surface area contributed by atoms with Crippen LogP contribution in [-0.2, 0) is 11.3 Å². The molecule has 0 spiro atoms. The van der Waals surface area contributed by atoms with Crippen molar-refractivity contribution in [2.24, 2.45) is 0 Å². The molecule has 2 aromatic carbocycles. The number of thioether (sulfide) groups is 1. The summed E-state index contributed by atoms with van der Waals surface area (Å²) in [6, 6.07) is 7.99. The summed E-state index contributed by atoms with van der Waals surface area (Å²) in [7, 11) is 0. The number of nitrogens with one attached hydrogen (secondary N) is 1. The second kappa shape index (κ2) is 8.18. The average molecular weight is 454 g/mol. The number of hydrogen-bond donors (Lipinski definition) is 1. The third-order valence-corrected chi connectivity index (χ3v) is 5.15. The lowest BCUT2D eigenvalue weighted by Gasteiger charge is -2.11. The number of anilines is 1. The van der Waals surface area contributed by atoms with Gasteiger partial charge in [-0.25, -0.2) is 13.8 Å². The van der Waals surface area contributed by atoms with E-state index in [1.807, 2.05) is 6.92 Å². The number of rotatable bonds is 5. The van der Waals surface area contributed by atoms with Gasteiger partial charge >= 0.3 is 0 Å². The van der Waals surface area contributed by atoms with Crippen molar-refractivity contribution < 1.29 is 13.6 Å². The normalized spacial score (nSPS) is 11.0. The molecule has 140 valence electrons. The molecule has 0 aliphatic rings. The molecule has 0 aliphatic carbocycles. The molecule has 3 rings (SSSR count). The molecule has 0 atom stereocenters. The van der Waals surface area contributed by atoms with E-state index in [0.717, 1.165) is 34.4 Å². The highest BCUT2D eigenvalue weighted by molar-refractivity contribution is 9.10. The van der Waals surface area contributed by atoms with E-state index < -0.39 is 17.5 Å². The summed E-state index contributed by atoms with van der Waals surface area (Å²) in [5, 5.41) is 3.31. The highest BCUT2D eigenvalue weighted by atomic mass is 79.9. The van der Waals surface area contributed by atoms with E-state index in [2.05, 4.69) is 26.2 Å². The SMILES string of the molecule is CCn1c(SCC(=O)Nc2cc(F)cc(F)c2)nc2ccc(Br)cc2c1=O. The van der Waals surface area contributed by atoms with Gasteiger partial charge < -0.3 is 5.32 Å². The molecule has 5 nitrogen and oxygen atoms in total. The van der Waals surface area contributed by atoms with Crippen LogP contribution in [-0.4, -0.2) is 21.2 Å². The summed E-state index contributed by atoms with van der Waals surface area (Å²) in [6.07, 6.45) is 0. The van der Waals surface area contributed by atoms with E-state index in [-0.39, 0.29) is 17.0 Å². The van der Waals surface area contributed by atoms with Crippen molar-refractivity contribution in [1.29, 1.82) is 0 Å². The van der Waals surface area contributed by atoms with Crippen LogP contribution < -0.4 is 10.9 Å². The molecule has 0 unspecified atom stereocenters. The summed E-state index contributed by atoms with van der Waals surface area (Å²) in [4.78, 5) is 29.2. The minimum Gasteiger partial charge on any atom is -0.325 e. The number of nitrogens with zero attached hydrogens (tertiary/aromatic N) is 2. The van der Waals surface area contributed by atoms with Crippen LogP contribution in [0.5, 0.6) is 0 Å². The molecule has 0 aliphatic heterocycles. The fourth-order valence-electron chi connectivity index (χ4n) is 2.51. The van der Waals surface area contributed by atoms with Crippen molar-refractivity contribution in [2.45, 2.75) is 18.6 Å². The maximum absolute atomic E-state index is 13.2. The lowest BCUT2D eigenvalue weighted by molar-refractivity contribution is -0.113. The Labute approximate surface area is 165 Å². The molecule has 27 heavy (non-hydrogen) atoms. The zero-order valence-corrected chi connectivity index (χ0v) is 16.5. The third kappa shape index (κ3) is 4.54. The quantitative estimate of drug-likeness (QED) is 0.464. The standard InChI is InChI=1S/C18H14BrF2N3O2S/c1-2-24-17(26)14-5-10(19)3-4-15(14)23-18(24)27-9-16(25)22-13-7-11(20)6-12(21)8-13/h3-8H,2,9H2,1H3,(H,22,25). The summed E-state index contributed by atoms with van der Waals surface area (Å²) in [5.74, 6) is -2.08. The number of carbonyl (C=O) groups excluding carboxylic acids is 1. The minimum atomic E-state index is -0.778. The van der Waals surface area contributed by atoms with Crippen LogP contribution in [0.1, 0.15) is 6.92 Å². The van der Waals surface area contributed by atoms with Crippen molar-refractivity contribution in [3.8, 4) is 0 Å².